The van der Waals surface area contributed by atoms with E-state index in [9.17, 15) is 9.90 Å². The molecule has 0 aliphatic carbocycles. The average Bonchev–Trinajstić information content (AvgIpc) is 3.00. The third-order valence-electron chi connectivity index (χ3n) is 4.13. The summed E-state index contributed by atoms with van der Waals surface area (Å²) in [5.41, 5.74) is 2.54. The number of ketones is 1. The molecule has 0 saturated heterocycles. The summed E-state index contributed by atoms with van der Waals surface area (Å²) in [7, 11) is 0. The predicted octanol–water partition coefficient (Wildman–Crippen LogP) is 5.20. The van der Waals surface area contributed by atoms with Gasteiger partial charge in [0.2, 0.25) is 0 Å². The van der Waals surface area contributed by atoms with E-state index >= 15 is 0 Å². The van der Waals surface area contributed by atoms with Crippen LogP contribution in [0.1, 0.15) is 29.0 Å². The van der Waals surface area contributed by atoms with Crippen LogP contribution in [-0.2, 0) is 4.79 Å². The van der Waals surface area contributed by atoms with Gasteiger partial charge in [0.25, 0.3) is 0 Å². The maximum absolute atomic E-state index is 11.4. The van der Waals surface area contributed by atoms with Crippen molar-refractivity contribution in [3.63, 3.8) is 0 Å². The smallest absolute Gasteiger partial charge is 0.152 e. The topological polar surface area (TPSA) is 46.5 Å². The number of ether oxygens (including phenoxy) is 1. The molecule has 0 radical (unpaired) electrons. The number of rotatable bonds is 3. The Hall–Kier alpha value is -2.69. The second kappa shape index (κ2) is 6.31. The Morgan fingerprint density at radius 1 is 1.12 bits per heavy atom. The zero-order chi connectivity index (χ0) is 17.4. The number of carbonyl (C=O) groups is 1. The zero-order valence-corrected chi connectivity index (χ0v) is 14.4. The molecule has 1 aliphatic heterocycles. The summed E-state index contributed by atoms with van der Waals surface area (Å²) in [6.07, 6.45) is 2.53. The van der Waals surface area contributed by atoms with E-state index < -0.39 is 6.10 Å². The Labute approximate surface area is 149 Å². The highest BCUT2D eigenvalue weighted by atomic mass is 32.1. The predicted molar refractivity (Wildman–Crippen MR) is 100 cm³/mol. The summed E-state index contributed by atoms with van der Waals surface area (Å²) < 4.78 is 6.10. The van der Waals surface area contributed by atoms with Crippen LogP contribution in [0, 0.1) is 0 Å². The van der Waals surface area contributed by atoms with E-state index in [2.05, 4.69) is 0 Å². The second-order valence-corrected chi connectivity index (χ2v) is 6.94. The number of thiophene rings is 1. The van der Waals surface area contributed by atoms with Gasteiger partial charge in [-0.3, -0.25) is 4.79 Å². The van der Waals surface area contributed by atoms with E-state index in [1.807, 2.05) is 54.6 Å². The van der Waals surface area contributed by atoms with E-state index in [4.69, 9.17) is 4.74 Å². The Morgan fingerprint density at radius 2 is 1.84 bits per heavy atom. The molecule has 3 nitrogen and oxygen atoms in total. The van der Waals surface area contributed by atoms with Crippen LogP contribution in [0.5, 0.6) is 11.5 Å². The molecule has 0 spiro atoms. The Morgan fingerprint density at radius 3 is 2.60 bits per heavy atom. The lowest BCUT2D eigenvalue weighted by Crippen LogP contribution is -2.09. The maximum Gasteiger partial charge on any atom is 0.152 e. The van der Waals surface area contributed by atoms with Gasteiger partial charge in [-0.15, -0.1) is 11.3 Å². The van der Waals surface area contributed by atoms with Crippen LogP contribution in [0.15, 0.2) is 60.7 Å². The first-order chi connectivity index (χ1) is 12.1. The van der Waals surface area contributed by atoms with Crippen molar-refractivity contribution in [2.45, 2.75) is 13.0 Å². The molecule has 1 unspecified atom stereocenters. The van der Waals surface area contributed by atoms with Crippen LogP contribution in [0.2, 0.25) is 0 Å². The molecule has 25 heavy (non-hydrogen) atoms. The fourth-order valence-electron chi connectivity index (χ4n) is 2.97. The molecule has 2 aromatic carbocycles. The van der Waals surface area contributed by atoms with Crippen LogP contribution < -0.4 is 4.74 Å². The SMILES string of the molecule is CC(=O)/C=C/c1sc(-c2ccccc2)c2c1Oc1ccccc1C2O. The van der Waals surface area contributed by atoms with Crippen molar-refractivity contribution >= 4 is 23.2 Å². The number of hydrogen-bond donors (Lipinski definition) is 1. The summed E-state index contributed by atoms with van der Waals surface area (Å²) in [6, 6.07) is 17.4. The van der Waals surface area contributed by atoms with Crippen molar-refractivity contribution in [2.24, 2.45) is 0 Å². The molecule has 0 fully saturated rings. The van der Waals surface area contributed by atoms with Crippen LogP contribution >= 0.6 is 11.3 Å². The van der Waals surface area contributed by atoms with Crippen molar-refractivity contribution in [3.8, 4) is 21.9 Å². The quantitative estimate of drug-likeness (QED) is 0.661. The summed E-state index contributed by atoms with van der Waals surface area (Å²) in [6.45, 7) is 1.51. The highest BCUT2D eigenvalue weighted by Gasteiger charge is 2.32. The summed E-state index contributed by atoms with van der Waals surface area (Å²) in [5, 5.41) is 11.0. The molecule has 3 aromatic rings. The van der Waals surface area contributed by atoms with E-state index in [-0.39, 0.29) is 5.78 Å². The Balaban J connectivity index is 1.93. The van der Waals surface area contributed by atoms with E-state index in [0.29, 0.717) is 11.5 Å². The molecule has 1 atom stereocenters. The van der Waals surface area contributed by atoms with Crippen molar-refractivity contribution in [1.29, 1.82) is 0 Å². The minimum Gasteiger partial charge on any atom is -0.455 e. The summed E-state index contributed by atoms with van der Waals surface area (Å²) in [4.78, 5) is 13.1. The summed E-state index contributed by atoms with van der Waals surface area (Å²) in [5.74, 6) is 1.25. The van der Waals surface area contributed by atoms with Gasteiger partial charge < -0.3 is 9.84 Å². The van der Waals surface area contributed by atoms with Gasteiger partial charge >= 0.3 is 0 Å². The van der Waals surface area contributed by atoms with Crippen molar-refractivity contribution in [1.82, 2.24) is 0 Å². The van der Waals surface area contributed by atoms with Crippen molar-refractivity contribution in [2.75, 3.05) is 0 Å². The van der Waals surface area contributed by atoms with Crippen molar-refractivity contribution < 1.29 is 14.6 Å². The molecule has 1 aliphatic rings. The van der Waals surface area contributed by atoms with E-state index in [1.54, 1.807) is 6.08 Å². The van der Waals surface area contributed by atoms with Crippen molar-refractivity contribution in [3.05, 3.63) is 76.7 Å². The molecule has 124 valence electrons. The molecule has 1 N–H and O–H groups in total. The number of para-hydroxylation sites is 1. The molecule has 2 heterocycles. The van der Waals surface area contributed by atoms with Crippen LogP contribution in [0.4, 0.5) is 0 Å². The molecular weight excluding hydrogens is 332 g/mol. The van der Waals surface area contributed by atoms with Gasteiger partial charge in [-0.1, -0.05) is 48.5 Å². The van der Waals surface area contributed by atoms with Crippen LogP contribution in [0.3, 0.4) is 0 Å². The lowest BCUT2D eigenvalue weighted by atomic mass is 9.95. The fourth-order valence-corrected chi connectivity index (χ4v) is 4.14. The largest absolute Gasteiger partial charge is 0.455 e. The molecule has 0 saturated carbocycles. The van der Waals surface area contributed by atoms with Gasteiger partial charge in [0.05, 0.1) is 4.88 Å². The third-order valence-corrected chi connectivity index (χ3v) is 5.33. The molecule has 4 heteroatoms. The van der Waals surface area contributed by atoms with Gasteiger partial charge in [-0.2, -0.15) is 0 Å². The van der Waals surface area contributed by atoms with Gasteiger partial charge in [0.15, 0.2) is 11.5 Å². The Bertz CT molecular complexity index is 970. The Kier molecular flexibility index (Phi) is 3.99. The van der Waals surface area contributed by atoms with E-state index in [0.717, 1.165) is 26.4 Å². The number of aliphatic hydroxyl groups is 1. The number of allylic oxidation sites excluding steroid dienone is 1. The molecular formula is C21H16O3S. The number of carbonyl (C=O) groups excluding carboxylic acids is 1. The van der Waals surface area contributed by atoms with Gasteiger partial charge in [0.1, 0.15) is 11.9 Å². The lowest BCUT2D eigenvalue weighted by molar-refractivity contribution is -0.112. The van der Waals surface area contributed by atoms with E-state index in [1.165, 1.54) is 24.3 Å². The first-order valence-corrected chi connectivity index (χ1v) is 8.82. The van der Waals surface area contributed by atoms with Gasteiger partial charge in [-0.05, 0) is 30.7 Å². The molecule has 4 rings (SSSR count). The van der Waals surface area contributed by atoms with Crippen LogP contribution in [0.25, 0.3) is 16.5 Å². The highest BCUT2D eigenvalue weighted by Crippen LogP contribution is 2.53. The monoisotopic (exact) mass is 348 g/mol. The minimum absolute atomic E-state index is 0.0276. The number of benzene rings is 2. The van der Waals surface area contributed by atoms with Gasteiger partial charge in [0, 0.05) is 16.0 Å². The molecule has 0 amide bonds. The average molecular weight is 348 g/mol. The standard InChI is InChI=1S/C21H16O3S/c1-13(22)11-12-17-20-18(21(25-17)14-7-3-2-4-8-14)19(23)15-9-5-6-10-16(15)24-20/h2-12,19,23H,1H3/b12-11+. The highest BCUT2D eigenvalue weighted by molar-refractivity contribution is 7.17. The molecule has 0 bridgehead atoms. The maximum atomic E-state index is 11.4. The third kappa shape index (κ3) is 2.80. The number of hydrogen-bond acceptors (Lipinski definition) is 4. The normalized spacial score (nSPS) is 15.5. The fraction of sp³-hybridized carbons (Fsp3) is 0.0952. The first-order valence-electron chi connectivity index (χ1n) is 8.00. The number of aliphatic hydroxyl groups excluding tert-OH is 1. The second-order valence-electron chi connectivity index (χ2n) is 5.89. The molecule has 1 aromatic heterocycles. The first kappa shape index (κ1) is 15.8. The minimum atomic E-state index is -0.758. The number of fused-ring (bicyclic) bond motifs is 2. The van der Waals surface area contributed by atoms with Crippen LogP contribution in [-0.4, -0.2) is 10.9 Å². The van der Waals surface area contributed by atoms with Gasteiger partial charge in [-0.25, -0.2) is 0 Å². The summed E-state index contributed by atoms with van der Waals surface area (Å²) >= 11 is 1.52. The lowest BCUT2D eigenvalue weighted by Gasteiger charge is -2.23. The zero-order valence-electron chi connectivity index (χ0n) is 13.6.